The van der Waals surface area contributed by atoms with Gasteiger partial charge in [-0.2, -0.15) is 0 Å². The standard InChI is InChI=1S/C22H34O/c1-2-3-4-5-6-7-8-9-10-11-12-19-13-14-21-18-22(23)16-15-20(21)17-19/h13-14,17H,2-12,15-16,18H2,1H3. The van der Waals surface area contributed by atoms with Crippen LogP contribution in [0.2, 0.25) is 0 Å². The van der Waals surface area contributed by atoms with Crippen LogP contribution >= 0.6 is 0 Å². The fourth-order valence-electron chi connectivity index (χ4n) is 3.63. The summed E-state index contributed by atoms with van der Waals surface area (Å²) in [5, 5.41) is 0. The Kier molecular flexibility index (Phi) is 8.42. The van der Waals surface area contributed by atoms with Gasteiger partial charge in [-0.15, -0.1) is 0 Å². The molecule has 0 bridgehead atoms. The Morgan fingerprint density at radius 3 is 2.13 bits per heavy atom. The molecule has 0 saturated carbocycles. The molecule has 1 nitrogen and oxygen atoms in total. The number of hydrogen-bond donors (Lipinski definition) is 0. The van der Waals surface area contributed by atoms with Crippen molar-refractivity contribution in [1.29, 1.82) is 0 Å². The lowest BCUT2D eigenvalue weighted by Gasteiger charge is -2.16. The highest BCUT2D eigenvalue weighted by atomic mass is 16.1. The summed E-state index contributed by atoms with van der Waals surface area (Å²) in [5.74, 6) is 0.403. The van der Waals surface area contributed by atoms with Crippen LogP contribution in [0.4, 0.5) is 0 Å². The SMILES string of the molecule is CCCCCCCCCCCCc1ccc2c(c1)CCC(=O)C2. The Bertz CT molecular complexity index is 475. The maximum Gasteiger partial charge on any atom is 0.137 e. The van der Waals surface area contributed by atoms with E-state index in [0.29, 0.717) is 12.2 Å². The number of benzene rings is 1. The van der Waals surface area contributed by atoms with Crippen LogP contribution in [0.1, 0.15) is 94.2 Å². The number of hydrogen-bond acceptors (Lipinski definition) is 1. The monoisotopic (exact) mass is 314 g/mol. The fourth-order valence-corrected chi connectivity index (χ4v) is 3.63. The van der Waals surface area contributed by atoms with Gasteiger partial charge in [-0.3, -0.25) is 4.79 Å². The lowest BCUT2D eigenvalue weighted by atomic mass is 9.89. The van der Waals surface area contributed by atoms with Crippen LogP contribution in [0.25, 0.3) is 0 Å². The zero-order chi connectivity index (χ0) is 16.3. The van der Waals surface area contributed by atoms with E-state index in [0.717, 1.165) is 12.8 Å². The van der Waals surface area contributed by atoms with Gasteiger partial charge in [0.15, 0.2) is 0 Å². The van der Waals surface area contributed by atoms with Crippen LogP contribution in [-0.4, -0.2) is 5.78 Å². The molecule has 0 unspecified atom stereocenters. The zero-order valence-corrected chi connectivity index (χ0v) is 15.0. The second-order valence-electron chi connectivity index (χ2n) is 7.25. The van der Waals surface area contributed by atoms with Gasteiger partial charge in [0.25, 0.3) is 0 Å². The number of rotatable bonds is 11. The molecule has 128 valence electrons. The normalized spacial score (nSPS) is 14.0. The maximum atomic E-state index is 11.5. The molecule has 0 fully saturated rings. The van der Waals surface area contributed by atoms with Crippen LogP contribution in [0, 0.1) is 0 Å². The summed E-state index contributed by atoms with van der Waals surface area (Å²) in [6, 6.07) is 6.79. The summed E-state index contributed by atoms with van der Waals surface area (Å²) in [4.78, 5) is 11.5. The van der Waals surface area contributed by atoms with Crippen molar-refractivity contribution in [3.63, 3.8) is 0 Å². The van der Waals surface area contributed by atoms with Crippen molar-refractivity contribution < 1.29 is 4.79 Å². The predicted molar refractivity (Wildman–Crippen MR) is 99.0 cm³/mol. The summed E-state index contributed by atoms with van der Waals surface area (Å²) in [6.45, 7) is 2.28. The highest BCUT2D eigenvalue weighted by Crippen LogP contribution is 2.21. The molecule has 1 heteroatoms. The van der Waals surface area contributed by atoms with E-state index in [1.807, 2.05) is 0 Å². The molecule has 0 spiro atoms. The largest absolute Gasteiger partial charge is 0.299 e. The molecule has 1 aromatic carbocycles. The third kappa shape index (κ3) is 6.89. The number of unbranched alkanes of at least 4 members (excludes halogenated alkanes) is 9. The van der Waals surface area contributed by atoms with Gasteiger partial charge in [0.05, 0.1) is 0 Å². The Labute approximate surface area is 142 Å². The van der Waals surface area contributed by atoms with E-state index in [4.69, 9.17) is 0 Å². The van der Waals surface area contributed by atoms with E-state index in [1.165, 1.54) is 87.3 Å². The third-order valence-electron chi connectivity index (χ3n) is 5.15. The maximum absolute atomic E-state index is 11.5. The third-order valence-corrected chi connectivity index (χ3v) is 5.15. The fraction of sp³-hybridized carbons (Fsp3) is 0.682. The Balaban J connectivity index is 1.54. The molecule has 0 aromatic heterocycles. The van der Waals surface area contributed by atoms with Gasteiger partial charge >= 0.3 is 0 Å². The second-order valence-corrected chi connectivity index (χ2v) is 7.25. The molecule has 0 amide bonds. The molecule has 1 aliphatic rings. The van der Waals surface area contributed by atoms with Crippen molar-refractivity contribution in [1.82, 2.24) is 0 Å². The van der Waals surface area contributed by atoms with Crippen LogP contribution in [0.5, 0.6) is 0 Å². The summed E-state index contributed by atoms with van der Waals surface area (Å²) in [6.07, 6.45) is 17.5. The first-order valence-corrected chi connectivity index (χ1v) is 9.92. The molecule has 0 N–H and O–H groups in total. The molecule has 23 heavy (non-hydrogen) atoms. The van der Waals surface area contributed by atoms with Gasteiger partial charge in [0, 0.05) is 12.8 Å². The van der Waals surface area contributed by atoms with Gasteiger partial charge < -0.3 is 0 Å². The molecule has 0 saturated heterocycles. The lowest BCUT2D eigenvalue weighted by molar-refractivity contribution is -0.118. The minimum atomic E-state index is 0.403. The van der Waals surface area contributed by atoms with Crippen molar-refractivity contribution in [2.75, 3.05) is 0 Å². The Morgan fingerprint density at radius 2 is 1.43 bits per heavy atom. The van der Waals surface area contributed by atoms with E-state index in [1.54, 1.807) is 0 Å². The average molecular weight is 315 g/mol. The molecule has 0 aliphatic heterocycles. The molecule has 0 heterocycles. The van der Waals surface area contributed by atoms with Crippen molar-refractivity contribution in [2.45, 2.75) is 96.8 Å². The van der Waals surface area contributed by atoms with E-state index < -0.39 is 0 Å². The highest BCUT2D eigenvalue weighted by molar-refractivity contribution is 5.83. The molecule has 2 rings (SSSR count). The summed E-state index contributed by atoms with van der Waals surface area (Å²) >= 11 is 0. The van der Waals surface area contributed by atoms with Crippen LogP contribution in [-0.2, 0) is 24.1 Å². The number of Topliss-reactive ketones (excluding diaryl/α,β-unsaturated/α-hetero) is 1. The van der Waals surface area contributed by atoms with Crippen LogP contribution in [0.15, 0.2) is 18.2 Å². The molecule has 1 aromatic rings. The summed E-state index contributed by atoms with van der Waals surface area (Å²) in [5.41, 5.74) is 4.17. The number of aryl methyl sites for hydroxylation is 2. The first-order valence-electron chi connectivity index (χ1n) is 9.92. The summed E-state index contributed by atoms with van der Waals surface area (Å²) < 4.78 is 0. The first kappa shape index (κ1) is 18.2. The molecule has 0 atom stereocenters. The Morgan fingerprint density at radius 1 is 0.783 bits per heavy atom. The topological polar surface area (TPSA) is 17.1 Å². The zero-order valence-electron chi connectivity index (χ0n) is 15.0. The van der Waals surface area contributed by atoms with Crippen molar-refractivity contribution in [2.24, 2.45) is 0 Å². The number of fused-ring (bicyclic) bond motifs is 1. The molecular formula is C22H34O. The van der Waals surface area contributed by atoms with Gasteiger partial charge in [-0.1, -0.05) is 82.9 Å². The predicted octanol–water partition coefficient (Wildman–Crippen LogP) is 6.21. The van der Waals surface area contributed by atoms with Gasteiger partial charge in [0.2, 0.25) is 0 Å². The Hall–Kier alpha value is -1.11. The second kappa shape index (κ2) is 10.6. The molecule has 1 aliphatic carbocycles. The first-order chi connectivity index (χ1) is 11.3. The van der Waals surface area contributed by atoms with E-state index in [9.17, 15) is 4.79 Å². The minimum Gasteiger partial charge on any atom is -0.299 e. The van der Waals surface area contributed by atoms with E-state index in [-0.39, 0.29) is 0 Å². The van der Waals surface area contributed by atoms with Crippen LogP contribution < -0.4 is 0 Å². The number of carbonyl (C=O) groups is 1. The van der Waals surface area contributed by atoms with Crippen molar-refractivity contribution in [3.8, 4) is 0 Å². The minimum absolute atomic E-state index is 0.403. The van der Waals surface area contributed by atoms with E-state index in [2.05, 4.69) is 25.1 Å². The van der Waals surface area contributed by atoms with Crippen LogP contribution in [0.3, 0.4) is 0 Å². The van der Waals surface area contributed by atoms with Gasteiger partial charge in [0.1, 0.15) is 5.78 Å². The summed E-state index contributed by atoms with van der Waals surface area (Å²) in [7, 11) is 0. The van der Waals surface area contributed by atoms with Crippen molar-refractivity contribution in [3.05, 3.63) is 34.9 Å². The number of carbonyl (C=O) groups excluding carboxylic acids is 1. The van der Waals surface area contributed by atoms with Crippen molar-refractivity contribution >= 4 is 5.78 Å². The van der Waals surface area contributed by atoms with Gasteiger partial charge in [-0.25, -0.2) is 0 Å². The quantitative estimate of drug-likeness (QED) is 0.444. The molecular weight excluding hydrogens is 280 g/mol. The average Bonchev–Trinajstić information content (AvgIpc) is 2.56. The highest BCUT2D eigenvalue weighted by Gasteiger charge is 2.15. The number of ketones is 1. The smallest absolute Gasteiger partial charge is 0.137 e. The lowest BCUT2D eigenvalue weighted by Crippen LogP contribution is -2.13. The van der Waals surface area contributed by atoms with E-state index >= 15 is 0 Å². The molecule has 0 radical (unpaired) electrons. The van der Waals surface area contributed by atoms with Gasteiger partial charge in [-0.05, 0) is 36.0 Å².